The van der Waals surface area contributed by atoms with Gasteiger partial charge in [0.1, 0.15) is 17.4 Å². The van der Waals surface area contributed by atoms with E-state index in [9.17, 15) is 9.18 Å². The fourth-order valence-electron chi connectivity index (χ4n) is 1.94. The van der Waals surface area contributed by atoms with Crippen molar-refractivity contribution >= 4 is 5.78 Å². The number of benzene rings is 1. The van der Waals surface area contributed by atoms with Crippen LogP contribution >= 0.6 is 0 Å². The Hall–Kier alpha value is -2.17. The Balaban J connectivity index is 2.27. The number of nitrogens with zero attached hydrogens (tertiary/aromatic N) is 2. The Morgan fingerprint density at radius 3 is 2.95 bits per heavy atom. The molecule has 5 heteroatoms. The van der Waals surface area contributed by atoms with Crippen LogP contribution in [0.5, 0.6) is 5.75 Å². The number of imidazole rings is 1. The Morgan fingerprint density at radius 2 is 2.26 bits per heavy atom. The summed E-state index contributed by atoms with van der Waals surface area (Å²) in [4.78, 5) is 16.4. The molecule has 0 saturated heterocycles. The molecular formula is C14H15FN2O2. The number of ether oxygens (including phenoxy) is 1. The van der Waals surface area contributed by atoms with E-state index in [4.69, 9.17) is 4.74 Å². The van der Waals surface area contributed by atoms with Crippen LogP contribution in [-0.4, -0.2) is 22.4 Å². The van der Waals surface area contributed by atoms with Gasteiger partial charge in [0.15, 0.2) is 5.78 Å². The minimum Gasteiger partial charge on any atom is -0.496 e. The summed E-state index contributed by atoms with van der Waals surface area (Å²) in [5.41, 5.74) is 0.248. The summed E-state index contributed by atoms with van der Waals surface area (Å²) in [5.74, 6) is 0.544. The zero-order valence-corrected chi connectivity index (χ0v) is 10.9. The van der Waals surface area contributed by atoms with Crippen LogP contribution in [0.3, 0.4) is 0 Å². The van der Waals surface area contributed by atoms with Crippen molar-refractivity contribution in [3.05, 3.63) is 47.8 Å². The lowest BCUT2D eigenvalue weighted by atomic mass is 10.1. The van der Waals surface area contributed by atoms with Crippen molar-refractivity contribution in [3.8, 4) is 5.75 Å². The molecule has 19 heavy (non-hydrogen) atoms. The molecular weight excluding hydrogens is 247 g/mol. The normalized spacial score (nSPS) is 10.5. The van der Waals surface area contributed by atoms with Gasteiger partial charge >= 0.3 is 0 Å². The predicted molar refractivity (Wildman–Crippen MR) is 68.9 cm³/mol. The van der Waals surface area contributed by atoms with Gasteiger partial charge in [0, 0.05) is 18.8 Å². The summed E-state index contributed by atoms with van der Waals surface area (Å²) in [6.45, 7) is 2.09. The number of carbonyl (C=O) groups is 1. The lowest BCUT2D eigenvalue weighted by molar-refractivity contribution is 0.0967. The molecule has 0 amide bonds. The van der Waals surface area contributed by atoms with Gasteiger partial charge in [0.2, 0.25) is 0 Å². The third-order valence-electron chi connectivity index (χ3n) is 2.89. The summed E-state index contributed by atoms with van der Waals surface area (Å²) in [5, 5.41) is 0. The van der Waals surface area contributed by atoms with Gasteiger partial charge in [0.25, 0.3) is 0 Å². The first-order valence-corrected chi connectivity index (χ1v) is 6.02. The molecule has 0 unspecified atom stereocenters. The maximum atomic E-state index is 13.2. The second kappa shape index (κ2) is 5.65. The Labute approximate surface area is 110 Å². The van der Waals surface area contributed by atoms with Crippen LogP contribution in [0.1, 0.15) is 23.1 Å². The first-order chi connectivity index (χ1) is 9.15. The molecule has 1 aromatic heterocycles. The number of ketones is 1. The molecule has 0 radical (unpaired) electrons. The average Bonchev–Trinajstić information content (AvgIpc) is 2.85. The predicted octanol–water partition coefficient (Wildman–Crippen LogP) is 2.48. The second-order valence-corrected chi connectivity index (χ2v) is 4.09. The monoisotopic (exact) mass is 262 g/mol. The van der Waals surface area contributed by atoms with E-state index in [1.807, 2.05) is 6.92 Å². The molecule has 0 N–H and O–H groups in total. The van der Waals surface area contributed by atoms with E-state index in [0.717, 1.165) is 12.2 Å². The SMILES string of the molecule is CCc1nccn1CC(=O)c1cc(F)ccc1OC. The van der Waals surface area contributed by atoms with Crippen molar-refractivity contribution in [2.24, 2.45) is 0 Å². The van der Waals surface area contributed by atoms with Crippen molar-refractivity contribution in [2.45, 2.75) is 19.9 Å². The van der Waals surface area contributed by atoms with Crippen LogP contribution in [0.2, 0.25) is 0 Å². The molecule has 2 aromatic rings. The van der Waals surface area contributed by atoms with Gasteiger partial charge in [-0.15, -0.1) is 0 Å². The Kier molecular flexibility index (Phi) is 3.94. The van der Waals surface area contributed by atoms with E-state index in [1.165, 1.54) is 25.3 Å². The number of methoxy groups -OCH3 is 1. The van der Waals surface area contributed by atoms with E-state index < -0.39 is 5.82 Å². The van der Waals surface area contributed by atoms with Crippen molar-refractivity contribution in [1.29, 1.82) is 0 Å². The molecule has 1 heterocycles. The summed E-state index contributed by atoms with van der Waals surface area (Å²) in [6, 6.07) is 3.92. The van der Waals surface area contributed by atoms with Gasteiger partial charge in [-0.05, 0) is 18.2 Å². The highest BCUT2D eigenvalue weighted by molar-refractivity contribution is 5.98. The maximum Gasteiger partial charge on any atom is 0.186 e. The fourth-order valence-corrected chi connectivity index (χ4v) is 1.94. The summed E-state index contributed by atoms with van der Waals surface area (Å²) >= 11 is 0. The quantitative estimate of drug-likeness (QED) is 0.777. The van der Waals surface area contributed by atoms with Crippen molar-refractivity contribution in [1.82, 2.24) is 9.55 Å². The second-order valence-electron chi connectivity index (χ2n) is 4.09. The highest BCUT2D eigenvalue weighted by atomic mass is 19.1. The topological polar surface area (TPSA) is 44.1 Å². The van der Waals surface area contributed by atoms with Crippen LogP contribution in [0.25, 0.3) is 0 Å². The zero-order chi connectivity index (χ0) is 13.8. The molecule has 100 valence electrons. The number of Topliss-reactive ketones (excluding diaryl/α,β-unsaturated/α-hetero) is 1. The van der Waals surface area contributed by atoms with E-state index in [1.54, 1.807) is 17.0 Å². The van der Waals surface area contributed by atoms with Crippen LogP contribution in [0.15, 0.2) is 30.6 Å². The minimum atomic E-state index is -0.453. The Bertz CT molecular complexity index is 593. The van der Waals surface area contributed by atoms with E-state index in [-0.39, 0.29) is 17.9 Å². The van der Waals surface area contributed by atoms with Gasteiger partial charge < -0.3 is 9.30 Å². The number of rotatable bonds is 5. The summed E-state index contributed by atoms with van der Waals surface area (Å²) in [6.07, 6.45) is 4.12. The standard InChI is InChI=1S/C14H15FN2O2/c1-3-14-16-6-7-17(14)9-12(18)11-8-10(15)4-5-13(11)19-2/h4-8H,3,9H2,1-2H3. The van der Waals surface area contributed by atoms with Crippen LogP contribution < -0.4 is 4.74 Å². The molecule has 1 aromatic carbocycles. The van der Waals surface area contributed by atoms with E-state index >= 15 is 0 Å². The van der Waals surface area contributed by atoms with Gasteiger partial charge in [-0.1, -0.05) is 6.92 Å². The minimum absolute atomic E-state index is 0.128. The van der Waals surface area contributed by atoms with Crippen LogP contribution in [0.4, 0.5) is 4.39 Å². The van der Waals surface area contributed by atoms with E-state index in [2.05, 4.69) is 4.98 Å². The van der Waals surface area contributed by atoms with Crippen molar-refractivity contribution < 1.29 is 13.9 Å². The van der Waals surface area contributed by atoms with E-state index in [0.29, 0.717) is 5.75 Å². The molecule has 0 fully saturated rings. The summed E-state index contributed by atoms with van der Waals surface area (Å²) < 4.78 is 20.1. The molecule has 2 rings (SSSR count). The van der Waals surface area contributed by atoms with Crippen molar-refractivity contribution in [3.63, 3.8) is 0 Å². The van der Waals surface area contributed by atoms with Gasteiger partial charge in [-0.25, -0.2) is 9.37 Å². The lowest BCUT2D eigenvalue weighted by Gasteiger charge is -2.09. The molecule has 0 saturated carbocycles. The number of carbonyl (C=O) groups excluding carboxylic acids is 1. The van der Waals surface area contributed by atoms with Crippen molar-refractivity contribution in [2.75, 3.05) is 7.11 Å². The van der Waals surface area contributed by atoms with Gasteiger partial charge in [-0.2, -0.15) is 0 Å². The Morgan fingerprint density at radius 1 is 1.47 bits per heavy atom. The molecule has 4 nitrogen and oxygen atoms in total. The smallest absolute Gasteiger partial charge is 0.186 e. The first-order valence-electron chi connectivity index (χ1n) is 6.02. The number of halogens is 1. The number of aromatic nitrogens is 2. The number of hydrogen-bond acceptors (Lipinski definition) is 3. The number of aryl methyl sites for hydroxylation is 1. The van der Waals surface area contributed by atoms with Gasteiger partial charge in [-0.3, -0.25) is 4.79 Å². The molecule has 0 aliphatic heterocycles. The average molecular weight is 262 g/mol. The highest BCUT2D eigenvalue weighted by Crippen LogP contribution is 2.20. The molecule has 0 aliphatic carbocycles. The van der Waals surface area contributed by atoms with Gasteiger partial charge in [0.05, 0.1) is 19.2 Å². The zero-order valence-electron chi connectivity index (χ0n) is 10.9. The number of hydrogen-bond donors (Lipinski definition) is 0. The third kappa shape index (κ3) is 2.81. The molecule has 0 aliphatic rings. The molecule has 0 atom stereocenters. The first kappa shape index (κ1) is 13.3. The fraction of sp³-hybridized carbons (Fsp3) is 0.286. The maximum absolute atomic E-state index is 13.2. The molecule has 0 bridgehead atoms. The van der Waals surface area contributed by atoms with Crippen LogP contribution in [0, 0.1) is 5.82 Å². The lowest BCUT2D eigenvalue weighted by Crippen LogP contribution is -2.13. The largest absolute Gasteiger partial charge is 0.496 e. The third-order valence-corrected chi connectivity index (χ3v) is 2.89. The summed E-state index contributed by atoms with van der Waals surface area (Å²) in [7, 11) is 1.46. The highest BCUT2D eigenvalue weighted by Gasteiger charge is 2.15. The van der Waals surface area contributed by atoms with Crippen LogP contribution in [-0.2, 0) is 13.0 Å². The molecule has 0 spiro atoms.